The van der Waals surface area contributed by atoms with Gasteiger partial charge in [0.1, 0.15) is 11.8 Å². The third kappa shape index (κ3) is 2.73. The molecule has 4 heteroatoms. The van der Waals surface area contributed by atoms with E-state index in [9.17, 15) is 5.11 Å². The van der Waals surface area contributed by atoms with Gasteiger partial charge in [0, 0.05) is 18.6 Å². The molecule has 0 spiro atoms. The number of aliphatic hydroxyl groups is 1. The summed E-state index contributed by atoms with van der Waals surface area (Å²) in [6.07, 6.45) is 11.5. The van der Waals surface area contributed by atoms with Crippen LogP contribution >= 0.6 is 0 Å². The molecule has 2 rings (SSSR count). The van der Waals surface area contributed by atoms with Crippen LogP contribution in [0.15, 0.2) is 60.0 Å². The lowest BCUT2D eigenvalue weighted by Crippen LogP contribution is -2.02. The summed E-state index contributed by atoms with van der Waals surface area (Å²) in [5, 5.41) is 10.0. The number of nitrogens with zero attached hydrogens (tertiary/aromatic N) is 3. The molecular weight excluding hydrogens is 226 g/mol. The van der Waals surface area contributed by atoms with Crippen molar-refractivity contribution < 1.29 is 5.11 Å². The Bertz CT molecular complexity index is 596. The van der Waals surface area contributed by atoms with Crippen molar-refractivity contribution in [2.24, 2.45) is 4.99 Å². The van der Waals surface area contributed by atoms with Crippen molar-refractivity contribution in [1.29, 1.82) is 0 Å². The van der Waals surface area contributed by atoms with Crippen molar-refractivity contribution in [2.45, 2.75) is 13.0 Å². The average Bonchev–Trinajstić information content (AvgIpc) is 2.82. The Morgan fingerprint density at radius 2 is 2.28 bits per heavy atom. The van der Waals surface area contributed by atoms with Gasteiger partial charge in [-0.05, 0) is 25.1 Å². The van der Waals surface area contributed by atoms with Crippen LogP contribution in [-0.4, -0.2) is 20.7 Å². The minimum Gasteiger partial charge on any atom is -0.381 e. The van der Waals surface area contributed by atoms with E-state index in [1.165, 1.54) is 6.21 Å². The molecule has 0 bridgehead atoms. The molecule has 0 amide bonds. The van der Waals surface area contributed by atoms with Crippen LogP contribution in [0.4, 0.5) is 0 Å². The van der Waals surface area contributed by atoms with Gasteiger partial charge < -0.3 is 9.51 Å². The molecule has 2 aromatic rings. The second-order valence-corrected chi connectivity index (χ2v) is 3.72. The highest BCUT2D eigenvalue weighted by atomic mass is 16.3. The highest BCUT2D eigenvalue weighted by molar-refractivity contribution is 5.66. The van der Waals surface area contributed by atoms with E-state index in [0.717, 1.165) is 5.65 Å². The Morgan fingerprint density at radius 1 is 1.39 bits per heavy atom. The molecule has 2 aromatic heterocycles. The van der Waals surface area contributed by atoms with Crippen LogP contribution in [0.25, 0.3) is 5.65 Å². The monoisotopic (exact) mass is 241 g/mol. The van der Waals surface area contributed by atoms with E-state index in [4.69, 9.17) is 0 Å². The van der Waals surface area contributed by atoms with Crippen molar-refractivity contribution in [3.63, 3.8) is 0 Å². The summed E-state index contributed by atoms with van der Waals surface area (Å²) in [6.45, 7) is 1.93. The molecule has 0 aromatic carbocycles. The Morgan fingerprint density at radius 3 is 3.11 bits per heavy atom. The number of aliphatic hydroxyl groups excluding tert-OH is 1. The first-order chi connectivity index (χ1) is 8.83. The van der Waals surface area contributed by atoms with Crippen molar-refractivity contribution >= 4 is 11.9 Å². The summed E-state index contributed by atoms with van der Waals surface area (Å²) in [7, 11) is 0. The van der Waals surface area contributed by atoms with Gasteiger partial charge in [-0.3, -0.25) is 4.99 Å². The standard InChI is InChI=1S/C14H15N3O/c1-2-3-5-8-15-11-13(18)12-10-16-14-7-4-6-9-17(12)14/h2-11,13,18H,1H3/b3-2-,8-5-,15-11?. The summed E-state index contributed by atoms with van der Waals surface area (Å²) in [4.78, 5) is 8.23. The topological polar surface area (TPSA) is 49.9 Å². The molecule has 0 aliphatic heterocycles. The summed E-state index contributed by atoms with van der Waals surface area (Å²) < 4.78 is 1.84. The van der Waals surface area contributed by atoms with Crippen molar-refractivity contribution in [3.05, 3.63) is 60.7 Å². The third-order valence-corrected chi connectivity index (χ3v) is 2.45. The zero-order valence-electron chi connectivity index (χ0n) is 10.1. The maximum absolute atomic E-state index is 10.0. The number of imidazole rings is 1. The van der Waals surface area contributed by atoms with Gasteiger partial charge in [-0.15, -0.1) is 0 Å². The van der Waals surface area contributed by atoms with Gasteiger partial charge in [0.25, 0.3) is 0 Å². The summed E-state index contributed by atoms with van der Waals surface area (Å²) in [6, 6.07) is 5.69. The van der Waals surface area contributed by atoms with Crippen LogP contribution in [0.2, 0.25) is 0 Å². The van der Waals surface area contributed by atoms with Gasteiger partial charge in [-0.1, -0.05) is 18.2 Å². The minimum absolute atomic E-state index is 0.703. The molecule has 0 aliphatic rings. The van der Waals surface area contributed by atoms with E-state index < -0.39 is 6.10 Å². The van der Waals surface area contributed by atoms with Crippen LogP contribution < -0.4 is 0 Å². The van der Waals surface area contributed by atoms with E-state index in [-0.39, 0.29) is 0 Å². The van der Waals surface area contributed by atoms with E-state index in [2.05, 4.69) is 9.98 Å². The van der Waals surface area contributed by atoms with Gasteiger partial charge in [-0.2, -0.15) is 0 Å². The number of fused-ring (bicyclic) bond motifs is 1. The van der Waals surface area contributed by atoms with Crippen LogP contribution in [0.1, 0.15) is 18.7 Å². The van der Waals surface area contributed by atoms with Gasteiger partial charge in [0.15, 0.2) is 0 Å². The average molecular weight is 241 g/mol. The first-order valence-corrected chi connectivity index (χ1v) is 5.74. The SMILES string of the molecule is C/C=C\C=C/N=CC(O)c1cnc2ccccn12. The summed E-state index contributed by atoms with van der Waals surface area (Å²) in [5.41, 5.74) is 1.51. The van der Waals surface area contributed by atoms with Crippen molar-refractivity contribution in [3.8, 4) is 0 Å². The Kier molecular flexibility index (Phi) is 4.04. The predicted molar refractivity (Wildman–Crippen MR) is 72.6 cm³/mol. The van der Waals surface area contributed by atoms with Crippen molar-refractivity contribution in [1.82, 2.24) is 9.38 Å². The summed E-state index contributed by atoms with van der Waals surface area (Å²) >= 11 is 0. The molecule has 1 N–H and O–H groups in total. The van der Waals surface area contributed by atoms with E-state index in [0.29, 0.717) is 5.69 Å². The Hall–Kier alpha value is -2.20. The second kappa shape index (κ2) is 5.93. The molecule has 2 heterocycles. The van der Waals surface area contributed by atoms with E-state index in [1.807, 2.05) is 47.9 Å². The lowest BCUT2D eigenvalue weighted by Gasteiger charge is -2.03. The Balaban J connectivity index is 2.16. The third-order valence-electron chi connectivity index (χ3n) is 2.45. The lowest BCUT2D eigenvalue weighted by atomic mass is 10.3. The molecule has 0 radical (unpaired) electrons. The predicted octanol–water partition coefficient (Wildman–Crippen LogP) is 2.53. The fraction of sp³-hybridized carbons (Fsp3) is 0.143. The fourth-order valence-corrected chi connectivity index (χ4v) is 1.59. The number of pyridine rings is 1. The second-order valence-electron chi connectivity index (χ2n) is 3.72. The number of allylic oxidation sites excluding steroid dienone is 3. The lowest BCUT2D eigenvalue weighted by molar-refractivity contribution is 0.246. The fourth-order valence-electron chi connectivity index (χ4n) is 1.59. The molecule has 0 saturated carbocycles. The molecule has 18 heavy (non-hydrogen) atoms. The minimum atomic E-state index is -0.766. The number of hydrogen-bond donors (Lipinski definition) is 1. The molecular formula is C14H15N3O. The van der Waals surface area contributed by atoms with Crippen LogP contribution in [0, 0.1) is 0 Å². The number of aliphatic imine (C=N–C) groups is 1. The normalized spacial score (nSPS) is 14.3. The zero-order valence-corrected chi connectivity index (χ0v) is 10.1. The molecule has 92 valence electrons. The zero-order chi connectivity index (χ0) is 12.8. The van der Waals surface area contributed by atoms with E-state index in [1.54, 1.807) is 18.5 Å². The Labute approximate surface area is 106 Å². The molecule has 1 atom stereocenters. The molecule has 1 unspecified atom stereocenters. The van der Waals surface area contributed by atoms with E-state index >= 15 is 0 Å². The number of hydrogen-bond acceptors (Lipinski definition) is 3. The maximum Gasteiger partial charge on any atom is 0.136 e. The van der Waals surface area contributed by atoms with Gasteiger partial charge >= 0.3 is 0 Å². The van der Waals surface area contributed by atoms with Crippen molar-refractivity contribution in [2.75, 3.05) is 0 Å². The molecule has 4 nitrogen and oxygen atoms in total. The number of aromatic nitrogens is 2. The van der Waals surface area contributed by atoms with Crippen LogP contribution in [0.3, 0.4) is 0 Å². The first-order valence-electron chi connectivity index (χ1n) is 5.74. The molecule has 0 fully saturated rings. The highest BCUT2D eigenvalue weighted by Gasteiger charge is 2.09. The van der Waals surface area contributed by atoms with Gasteiger partial charge in [-0.25, -0.2) is 4.98 Å². The molecule has 0 aliphatic carbocycles. The first kappa shape index (κ1) is 12.3. The smallest absolute Gasteiger partial charge is 0.136 e. The quantitative estimate of drug-likeness (QED) is 0.660. The summed E-state index contributed by atoms with van der Waals surface area (Å²) in [5.74, 6) is 0. The highest BCUT2D eigenvalue weighted by Crippen LogP contribution is 2.13. The van der Waals surface area contributed by atoms with Gasteiger partial charge in [0.2, 0.25) is 0 Å². The van der Waals surface area contributed by atoms with Gasteiger partial charge in [0.05, 0.1) is 11.9 Å². The van der Waals surface area contributed by atoms with Crippen LogP contribution in [-0.2, 0) is 0 Å². The number of rotatable bonds is 4. The largest absolute Gasteiger partial charge is 0.381 e. The molecule has 0 saturated heterocycles. The van der Waals surface area contributed by atoms with Crippen LogP contribution in [0.5, 0.6) is 0 Å². The maximum atomic E-state index is 10.0.